The van der Waals surface area contributed by atoms with Crippen LogP contribution in [0.25, 0.3) is 0 Å². The SMILES string of the molecule is CC1CCCC(N(C)C(CN)c2ccc(Cl)cc2Cl)C1. The summed E-state index contributed by atoms with van der Waals surface area (Å²) in [6, 6.07) is 6.46. The molecule has 0 bridgehead atoms. The fourth-order valence-electron chi connectivity index (χ4n) is 3.31. The van der Waals surface area contributed by atoms with E-state index in [9.17, 15) is 0 Å². The molecule has 3 atom stereocenters. The Morgan fingerprint density at radius 1 is 1.35 bits per heavy atom. The molecule has 4 heteroatoms. The Morgan fingerprint density at radius 2 is 2.10 bits per heavy atom. The minimum atomic E-state index is 0.162. The molecular weight excluding hydrogens is 291 g/mol. The lowest BCUT2D eigenvalue weighted by Gasteiger charge is -2.39. The second-order valence-electron chi connectivity index (χ2n) is 6.01. The maximum absolute atomic E-state index is 6.35. The van der Waals surface area contributed by atoms with E-state index < -0.39 is 0 Å². The molecule has 1 aliphatic rings. The summed E-state index contributed by atoms with van der Waals surface area (Å²) in [6.07, 6.45) is 5.15. The van der Waals surface area contributed by atoms with Crippen molar-refractivity contribution in [1.82, 2.24) is 4.90 Å². The van der Waals surface area contributed by atoms with Crippen LogP contribution in [0.4, 0.5) is 0 Å². The molecule has 0 saturated heterocycles. The van der Waals surface area contributed by atoms with E-state index in [4.69, 9.17) is 28.9 Å². The van der Waals surface area contributed by atoms with Gasteiger partial charge in [0.25, 0.3) is 0 Å². The predicted octanol–water partition coefficient (Wildman–Crippen LogP) is 4.50. The van der Waals surface area contributed by atoms with E-state index in [-0.39, 0.29) is 6.04 Å². The van der Waals surface area contributed by atoms with Crippen molar-refractivity contribution in [3.8, 4) is 0 Å². The van der Waals surface area contributed by atoms with Gasteiger partial charge in [-0.05, 0) is 43.5 Å². The van der Waals surface area contributed by atoms with Crippen molar-refractivity contribution in [2.24, 2.45) is 11.7 Å². The highest BCUT2D eigenvalue weighted by Crippen LogP contribution is 2.34. The molecule has 2 N–H and O–H groups in total. The van der Waals surface area contributed by atoms with E-state index in [1.165, 1.54) is 25.7 Å². The number of nitrogens with two attached hydrogens (primary N) is 1. The van der Waals surface area contributed by atoms with Gasteiger partial charge in [0.2, 0.25) is 0 Å². The number of rotatable bonds is 4. The highest BCUT2D eigenvalue weighted by molar-refractivity contribution is 6.35. The van der Waals surface area contributed by atoms with Crippen LogP contribution >= 0.6 is 23.2 Å². The summed E-state index contributed by atoms with van der Waals surface area (Å²) in [5.41, 5.74) is 7.10. The van der Waals surface area contributed by atoms with Gasteiger partial charge in [0.1, 0.15) is 0 Å². The van der Waals surface area contributed by atoms with Crippen molar-refractivity contribution >= 4 is 23.2 Å². The van der Waals surface area contributed by atoms with Crippen molar-refractivity contribution in [2.75, 3.05) is 13.6 Å². The summed E-state index contributed by atoms with van der Waals surface area (Å²) < 4.78 is 0. The monoisotopic (exact) mass is 314 g/mol. The molecule has 20 heavy (non-hydrogen) atoms. The van der Waals surface area contributed by atoms with Crippen LogP contribution in [-0.2, 0) is 0 Å². The second-order valence-corrected chi connectivity index (χ2v) is 6.85. The average molecular weight is 315 g/mol. The quantitative estimate of drug-likeness (QED) is 0.886. The number of benzene rings is 1. The van der Waals surface area contributed by atoms with Gasteiger partial charge in [-0.3, -0.25) is 4.90 Å². The van der Waals surface area contributed by atoms with Crippen molar-refractivity contribution in [3.63, 3.8) is 0 Å². The van der Waals surface area contributed by atoms with Crippen molar-refractivity contribution in [2.45, 2.75) is 44.7 Å². The van der Waals surface area contributed by atoms with Crippen LogP contribution in [0.15, 0.2) is 18.2 Å². The fourth-order valence-corrected chi connectivity index (χ4v) is 3.85. The van der Waals surface area contributed by atoms with E-state index in [2.05, 4.69) is 18.9 Å². The Balaban J connectivity index is 2.18. The summed E-state index contributed by atoms with van der Waals surface area (Å²) >= 11 is 12.3. The van der Waals surface area contributed by atoms with Crippen LogP contribution in [0.2, 0.25) is 10.0 Å². The molecule has 0 amide bonds. The van der Waals surface area contributed by atoms with Gasteiger partial charge in [-0.2, -0.15) is 0 Å². The summed E-state index contributed by atoms with van der Waals surface area (Å²) in [5.74, 6) is 0.801. The molecule has 1 aromatic carbocycles. The van der Waals surface area contributed by atoms with E-state index >= 15 is 0 Å². The third-order valence-electron chi connectivity index (χ3n) is 4.52. The second kappa shape index (κ2) is 7.13. The summed E-state index contributed by atoms with van der Waals surface area (Å²) in [5, 5.41) is 1.38. The number of nitrogens with zero attached hydrogens (tertiary/aromatic N) is 1. The largest absolute Gasteiger partial charge is 0.329 e. The standard InChI is InChI=1S/C16H24Cl2N2/c1-11-4-3-5-13(8-11)20(2)16(10-19)14-7-6-12(17)9-15(14)18/h6-7,9,11,13,16H,3-5,8,10,19H2,1-2H3. The number of likely N-dealkylation sites (N-methyl/N-ethyl adjacent to an activating group) is 1. The van der Waals surface area contributed by atoms with Gasteiger partial charge in [-0.15, -0.1) is 0 Å². The van der Waals surface area contributed by atoms with Crippen LogP contribution in [0.5, 0.6) is 0 Å². The first kappa shape index (κ1) is 16.1. The number of hydrogen-bond donors (Lipinski definition) is 1. The molecule has 2 nitrogen and oxygen atoms in total. The highest BCUT2D eigenvalue weighted by atomic mass is 35.5. The lowest BCUT2D eigenvalue weighted by Crippen LogP contribution is -2.41. The Kier molecular flexibility index (Phi) is 5.74. The molecule has 1 saturated carbocycles. The average Bonchev–Trinajstić information content (AvgIpc) is 2.41. The maximum atomic E-state index is 6.35. The van der Waals surface area contributed by atoms with Gasteiger partial charge >= 0.3 is 0 Å². The van der Waals surface area contributed by atoms with Crippen LogP contribution in [0, 0.1) is 5.92 Å². The van der Waals surface area contributed by atoms with Gasteiger partial charge in [0.15, 0.2) is 0 Å². The highest BCUT2D eigenvalue weighted by Gasteiger charge is 2.28. The number of halogens is 2. The molecule has 0 aliphatic heterocycles. The normalized spacial score (nSPS) is 24.9. The van der Waals surface area contributed by atoms with Gasteiger partial charge < -0.3 is 5.73 Å². The minimum absolute atomic E-state index is 0.162. The van der Waals surface area contributed by atoms with Crippen LogP contribution in [0.3, 0.4) is 0 Å². The summed E-state index contributed by atoms with van der Waals surface area (Å²) in [4.78, 5) is 2.41. The molecule has 0 spiro atoms. The van der Waals surface area contributed by atoms with E-state index in [1.807, 2.05) is 12.1 Å². The lowest BCUT2D eigenvalue weighted by molar-refractivity contribution is 0.121. The van der Waals surface area contributed by atoms with E-state index in [1.54, 1.807) is 6.07 Å². The third-order valence-corrected chi connectivity index (χ3v) is 5.08. The zero-order valence-corrected chi connectivity index (χ0v) is 13.8. The first-order chi connectivity index (χ1) is 9.52. The van der Waals surface area contributed by atoms with Crippen molar-refractivity contribution in [1.29, 1.82) is 0 Å². The Hall–Kier alpha value is -0.280. The molecule has 3 unspecified atom stereocenters. The Bertz CT molecular complexity index is 450. The van der Waals surface area contributed by atoms with Gasteiger partial charge in [-0.1, -0.05) is 49.0 Å². The van der Waals surface area contributed by atoms with Gasteiger partial charge in [0.05, 0.1) is 0 Å². The van der Waals surface area contributed by atoms with Crippen LogP contribution < -0.4 is 5.73 Å². The fraction of sp³-hybridized carbons (Fsp3) is 0.625. The molecule has 0 heterocycles. The lowest BCUT2D eigenvalue weighted by atomic mass is 9.85. The Morgan fingerprint density at radius 3 is 2.70 bits per heavy atom. The van der Waals surface area contributed by atoms with Crippen LogP contribution in [-0.4, -0.2) is 24.5 Å². The predicted molar refractivity (Wildman–Crippen MR) is 87.4 cm³/mol. The third kappa shape index (κ3) is 3.67. The zero-order valence-electron chi connectivity index (χ0n) is 12.3. The molecule has 2 rings (SSSR count). The van der Waals surface area contributed by atoms with Gasteiger partial charge in [-0.25, -0.2) is 0 Å². The number of hydrogen-bond acceptors (Lipinski definition) is 2. The smallest absolute Gasteiger partial charge is 0.0485 e. The van der Waals surface area contributed by atoms with Crippen LogP contribution in [0.1, 0.15) is 44.2 Å². The van der Waals surface area contributed by atoms with E-state index in [0.29, 0.717) is 22.6 Å². The molecule has 1 aromatic rings. The Labute approximate surface area is 132 Å². The molecule has 0 radical (unpaired) electrons. The first-order valence-corrected chi connectivity index (χ1v) is 8.15. The zero-order chi connectivity index (χ0) is 14.7. The van der Waals surface area contributed by atoms with E-state index in [0.717, 1.165) is 11.5 Å². The molecule has 112 valence electrons. The molecular formula is C16H24Cl2N2. The van der Waals surface area contributed by atoms with Crippen molar-refractivity contribution < 1.29 is 0 Å². The minimum Gasteiger partial charge on any atom is -0.329 e. The maximum Gasteiger partial charge on any atom is 0.0485 e. The topological polar surface area (TPSA) is 29.3 Å². The first-order valence-electron chi connectivity index (χ1n) is 7.40. The van der Waals surface area contributed by atoms with Gasteiger partial charge in [0, 0.05) is 28.7 Å². The summed E-state index contributed by atoms with van der Waals surface area (Å²) in [6.45, 7) is 2.91. The molecule has 1 aliphatic carbocycles. The van der Waals surface area contributed by atoms with Crippen molar-refractivity contribution in [3.05, 3.63) is 33.8 Å². The summed E-state index contributed by atoms with van der Waals surface area (Å²) in [7, 11) is 2.17. The molecule has 1 fully saturated rings. The molecule has 0 aromatic heterocycles.